The van der Waals surface area contributed by atoms with E-state index in [1.807, 2.05) is 48.5 Å². The number of para-hydroxylation sites is 1. The lowest BCUT2D eigenvalue weighted by Gasteiger charge is -2.12. The van der Waals surface area contributed by atoms with Crippen molar-refractivity contribution in [3.8, 4) is 0 Å². The Hall–Kier alpha value is -3.77. The van der Waals surface area contributed by atoms with Gasteiger partial charge < -0.3 is 0 Å². The van der Waals surface area contributed by atoms with Gasteiger partial charge in [0.1, 0.15) is 5.92 Å². The van der Waals surface area contributed by atoms with Crippen molar-refractivity contribution in [2.75, 3.05) is 10.4 Å². The first-order chi connectivity index (χ1) is 14.6. The summed E-state index contributed by atoms with van der Waals surface area (Å²) in [4.78, 5) is 26.0. The zero-order valence-electron chi connectivity index (χ0n) is 15.8. The van der Waals surface area contributed by atoms with E-state index in [1.165, 1.54) is 5.01 Å². The average Bonchev–Trinajstić information content (AvgIpc) is 3.13. The third kappa shape index (κ3) is 4.14. The Labute approximate surface area is 178 Å². The van der Waals surface area contributed by atoms with Crippen LogP contribution in [0.1, 0.15) is 5.56 Å². The molecule has 148 valence electrons. The van der Waals surface area contributed by atoms with Gasteiger partial charge in [-0.2, -0.15) is 15.2 Å². The van der Waals surface area contributed by atoms with Gasteiger partial charge >= 0.3 is 0 Å². The minimum absolute atomic E-state index is 0.396. The second-order valence-corrected chi connectivity index (χ2v) is 6.99. The van der Waals surface area contributed by atoms with E-state index in [2.05, 4.69) is 15.6 Å². The number of anilines is 2. The summed E-state index contributed by atoms with van der Waals surface area (Å²) in [6.07, 6.45) is 1.12. The Morgan fingerprint density at radius 2 is 1.60 bits per heavy atom. The summed E-state index contributed by atoms with van der Waals surface area (Å²) in [6, 6.07) is 25.1. The smallest absolute Gasteiger partial charge is 0.264 e. The Balaban J connectivity index is 1.60. The van der Waals surface area contributed by atoms with Gasteiger partial charge in [-0.1, -0.05) is 60.1 Å². The largest absolute Gasteiger partial charge is 0.292 e. The van der Waals surface area contributed by atoms with E-state index in [1.54, 1.807) is 36.4 Å². The molecule has 0 aliphatic carbocycles. The van der Waals surface area contributed by atoms with Crippen LogP contribution >= 0.6 is 11.6 Å². The molecule has 1 unspecified atom stereocenters. The summed E-state index contributed by atoms with van der Waals surface area (Å²) < 4.78 is 0. The molecule has 0 saturated carbocycles. The fraction of sp³-hybridized carbons (Fsp3) is 0.0435. The number of halogens is 1. The van der Waals surface area contributed by atoms with Crippen molar-refractivity contribution < 1.29 is 9.59 Å². The second-order valence-electron chi connectivity index (χ2n) is 6.55. The highest BCUT2D eigenvalue weighted by molar-refractivity contribution is 6.44. The fourth-order valence-corrected chi connectivity index (χ4v) is 3.19. The van der Waals surface area contributed by atoms with E-state index in [0.717, 1.165) is 6.21 Å². The second kappa shape index (κ2) is 8.71. The van der Waals surface area contributed by atoms with E-state index in [-0.39, 0.29) is 0 Å². The highest BCUT2D eigenvalue weighted by Crippen LogP contribution is 2.27. The maximum absolute atomic E-state index is 13.1. The number of hydrogen-bond donors (Lipinski definition) is 1. The number of benzene rings is 3. The number of carbonyl (C=O) groups excluding carboxylic acids is 2. The van der Waals surface area contributed by atoms with Crippen molar-refractivity contribution in [3.63, 3.8) is 0 Å². The van der Waals surface area contributed by atoms with Crippen LogP contribution in [0.4, 0.5) is 11.4 Å². The Morgan fingerprint density at radius 3 is 2.27 bits per heavy atom. The first kappa shape index (κ1) is 19.5. The zero-order valence-corrected chi connectivity index (χ0v) is 16.5. The first-order valence-electron chi connectivity index (χ1n) is 9.25. The van der Waals surface area contributed by atoms with Crippen LogP contribution < -0.4 is 10.4 Å². The van der Waals surface area contributed by atoms with E-state index in [0.29, 0.717) is 27.7 Å². The lowest BCUT2D eigenvalue weighted by molar-refractivity contribution is -0.125. The Bertz CT molecular complexity index is 1110. The van der Waals surface area contributed by atoms with Gasteiger partial charge in [0, 0.05) is 5.02 Å². The van der Waals surface area contributed by atoms with E-state index >= 15 is 0 Å². The SMILES string of the molecule is O=C(C=NNc1ccc(Cl)cc1)C1C(=O)N(c2ccccc2)N=C1c1ccccc1. The quantitative estimate of drug-likeness (QED) is 0.368. The molecule has 30 heavy (non-hydrogen) atoms. The van der Waals surface area contributed by atoms with Crippen LogP contribution in [0.3, 0.4) is 0 Å². The molecule has 1 N–H and O–H groups in total. The lowest BCUT2D eigenvalue weighted by atomic mass is 9.93. The molecule has 1 atom stereocenters. The molecule has 0 bridgehead atoms. The van der Waals surface area contributed by atoms with Gasteiger partial charge in [0.2, 0.25) is 0 Å². The van der Waals surface area contributed by atoms with E-state index in [4.69, 9.17) is 11.6 Å². The summed E-state index contributed by atoms with van der Waals surface area (Å²) in [6.45, 7) is 0. The fourth-order valence-electron chi connectivity index (χ4n) is 3.07. The number of nitrogens with zero attached hydrogens (tertiary/aromatic N) is 3. The van der Waals surface area contributed by atoms with Crippen LogP contribution in [0.2, 0.25) is 5.02 Å². The summed E-state index contributed by atoms with van der Waals surface area (Å²) in [5, 5.41) is 10.3. The topological polar surface area (TPSA) is 74.1 Å². The monoisotopic (exact) mass is 416 g/mol. The van der Waals surface area contributed by atoms with E-state index < -0.39 is 17.6 Å². The molecule has 6 nitrogen and oxygen atoms in total. The van der Waals surface area contributed by atoms with Crippen LogP contribution in [-0.4, -0.2) is 23.6 Å². The third-order valence-corrected chi connectivity index (χ3v) is 4.77. The van der Waals surface area contributed by atoms with Crippen molar-refractivity contribution >= 4 is 46.6 Å². The molecule has 3 aromatic rings. The predicted molar refractivity (Wildman–Crippen MR) is 119 cm³/mol. The van der Waals surface area contributed by atoms with Gasteiger partial charge in [-0.3, -0.25) is 15.0 Å². The lowest BCUT2D eigenvalue weighted by Crippen LogP contribution is -2.34. The normalized spacial score (nSPS) is 16.0. The van der Waals surface area contributed by atoms with Gasteiger partial charge in [0.25, 0.3) is 5.91 Å². The molecule has 1 aliphatic rings. The minimum atomic E-state index is -1.07. The van der Waals surface area contributed by atoms with Crippen molar-refractivity contribution in [2.45, 2.75) is 0 Å². The summed E-state index contributed by atoms with van der Waals surface area (Å²) in [7, 11) is 0. The Kier molecular flexibility index (Phi) is 5.68. The van der Waals surface area contributed by atoms with Crippen molar-refractivity contribution in [1.82, 2.24) is 0 Å². The van der Waals surface area contributed by atoms with Gasteiger partial charge in [0.15, 0.2) is 5.78 Å². The van der Waals surface area contributed by atoms with Crippen LogP contribution in [0.15, 0.2) is 95.1 Å². The van der Waals surface area contributed by atoms with Gasteiger partial charge in [-0.25, -0.2) is 0 Å². The van der Waals surface area contributed by atoms with Crippen LogP contribution in [0.5, 0.6) is 0 Å². The molecule has 0 radical (unpaired) electrons. The summed E-state index contributed by atoms with van der Waals surface area (Å²) in [5.74, 6) is -1.94. The number of ketones is 1. The summed E-state index contributed by atoms with van der Waals surface area (Å²) in [5.41, 5.74) is 5.14. The molecular formula is C23H17ClN4O2. The molecule has 4 rings (SSSR count). The predicted octanol–water partition coefficient (Wildman–Crippen LogP) is 4.37. The van der Waals surface area contributed by atoms with Gasteiger partial charge in [-0.15, -0.1) is 0 Å². The number of nitrogens with one attached hydrogen (secondary N) is 1. The molecule has 0 spiro atoms. The molecule has 1 heterocycles. The van der Waals surface area contributed by atoms with E-state index in [9.17, 15) is 9.59 Å². The molecule has 7 heteroatoms. The highest BCUT2D eigenvalue weighted by atomic mass is 35.5. The minimum Gasteiger partial charge on any atom is -0.292 e. The van der Waals surface area contributed by atoms with Crippen molar-refractivity contribution in [1.29, 1.82) is 0 Å². The number of hydrogen-bond acceptors (Lipinski definition) is 5. The molecule has 0 fully saturated rings. The van der Waals surface area contributed by atoms with Crippen LogP contribution in [0, 0.1) is 5.92 Å². The number of hydrazone groups is 2. The number of rotatable bonds is 6. The Morgan fingerprint density at radius 1 is 0.967 bits per heavy atom. The van der Waals surface area contributed by atoms with Gasteiger partial charge in [-0.05, 0) is 42.0 Å². The summed E-state index contributed by atoms with van der Waals surface area (Å²) >= 11 is 5.86. The van der Waals surface area contributed by atoms with Crippen LogP contribution in [-0.2, 0) is 9.59 Å². The zero-order chi connectivity index (χ0) is 20.9. The standard InChI is InChI=1S/C23H17ClN4O2/c24-17-11-13-18(14-12-17)26-25-15-20(29)21-22(16-7-3-1-4-8-16)27-28(23(21)30)19-9-5-2-6-10-19/h1-15,21,26H. The molecule has 3 aromatic carbocycles. The maximum Gasteiger partial charge on any atom is 0.264 e. The number of carbonyl (C=O) groups is 2. The molecule has 1 aliphatic heterocycles. The van der Waals surface area contributed by atoms with Crippen molar-refractivity contribution in [2.24, 2.45) is 16.1 Å². The molecule has 1 amide bonds. The third-order valence-electron chi connectivity index (χ3n) is 4.52. The van der Waals surface area contributed by atoms with Crippen LogP contribution in [0.25, 0.3) is 0 Å². The number of Topliss-reactive ketones (excluding diaryl/α,β-unsaturated/α-hetero) is 1. The first-order valence-corrected chi connectivity index (χ1v) is 9.63. The molecule has 0 aromatic heterocycles. The molecular weight excluding hydrogens is 400 g/mol. The van der Waals surface area contributed by atoms with Gasteiger partial charge in [0.05, 0.1) is 23.3 Å². The highest BCUT2D eigenvalue weighted by Gasteiger charge is 2.41. The number of amides is 1. The molecule has 0 saturated heterocycles. The van der Waals surface area contributed by atoms with Crippen molar-refractivity contribution in [3.05, 3.63) is 95.5 Å². The maximum atomic E-state index is 13.1. The average molecular weight is 417 g/mol.